The SMILES string of the molecule is CC(=O)O.Cc1c(N)c(=O)oc2cc(N)cc(N3C(=O)CCC3=O)c12. The van der Waals surface area contributed by atoms with Crippen molar-refractivity contribution < 1.29 is 23.9 Å². The first-order chi connectivity index (χ1) is 11.6. The van der Waals surface area contributed by atoms with Crippen molar-refractivity contribution in [3.8, 4) is 0 Å². The van der Waals surface area contributed by atoms with Gasteiger partial charge in [0.25, 0.3) is 5.97 Å². The van der Waals surface area contributed by atoms with Gasteiger partial charge < -0.3 is 21.0 Å². The maximum Gasteiger partial charge on any atom is 0.359 e. The molecule has 1 aliphatic heterocycles. The molecule has 9 heteroatoms. The molecule has 3 rings (SSSR count). The van der Waals surface area contributed by atoms with Crippen LogP contribution in [0.1, 0.15) is 25.3 Å². The van der Waals surface area contributed by atoms with Crippen LogP contribution < -0.4 is 22.0 Å². The second kappa shape index (κ2) is 6.63. The molecule has 0 aliphatic carbocycles. The van der Waals surface area contributed by atoms with Crippen LogP contribution in [0.2, 0.25) is 0 Å². The van der Waals surface area contributed by atoms with Crippen LogP contribution in [0.3, 0.4) is 0 Å². The average Bonchev–Trinajstić information content (AvgIpc) is 2.82. The van der Waals surface area contributed by atoms with E-state index in [-0.39, 0.29) is 41.6 Å². The standard InChI is InChI=1S/C14H13N3O4.C2H4O2/c1-6-12-8(17-10(18)2-3-11(17)19)4-7(15)5-9(12)21-14(20)13(6)16;1-2(3)4/h4-5H,2-3,15-16H2,1H3;1H3,(H,3,4). The molecule has 2 amide bonds. The van der Waals surface area contributed by atoms with Gasteiger partial charge in [0.15, 0.2) is 0 Å². The third kappa shape index (κ3) is 3.44. The van der Waals surface area contributed by atoms with Gasteiger partial charge in [-0.25, -0.2) is 9.69 Å². The molecule has 25 heavy (non-hydrogen) atoms. The smallest absolute Gasteiger partial charge is 0.359 e. The molecule has 0 radical (unpaired) electrons. The molecule has 0 spiro atoms. The number of hydrogen-bond acceptors (Lipinski definition) is 7. The number of fused-ring (bicyclic) bond motifs is 1. The molecule has 1 aromatic carbocycles. The summed E-state index contributed by atoms with van der Waals surface area (Å²) in [4.78, 5) is 45.6. The van der Waals surface area contributed by atoms with Crippen molar-refractivity contribution in [1.29, 1.82) is 0 Å². The summed E-state index contributed by atoms with van der Waals surface area (Å²) in [7, 11) is 0. The van der Waals surface area contributed by atoms with Gasteiger partial charge in [-0.1, -0.05) is 0 Å². The van der Waals surface area contributed by atoms with Crippen molar-refractivity contribution in [2.24, 2.45) is 0 Å². The Kier molecular flexibility index (Phi) is 4.77. The summed E-state index contributed by atoms with van der Waals surface area (Å²) in [5, 5.41) is 7.87. The Hall–Kier alpha value is -3.36. The summed E-state index contributed by atoms with van der Waals surface area (Å²) in [6, 6.07) is 2.98. The van der Waals surface area contributed by atoms with Crippen LogP contribution in [-0.2, 0) is 14.4 Å². The second-order valence-corrected chi connectivity index (χ2v) is 5.48. The van der Waals surface area contributed by atoms with Gasteiger partial charge in [-0.2, -0.15) is 0 Å². The normalized spacial score (nSPS) is 13.8. The topological polar surface area (TPSA) is 157 Å². The Bertz CT molecular complexity index is 927. The number of amides is 2. The lowest BCUT2D eigenvalue weighted by atomic mass is 10.1. The first-order valence-electron chi connectivity index (χ1n) is 7.31. The van der Waals surface area contributed by atoms with Crippen LogP contribution in [0, 0.1) is 6.92 Å². The zero-order valence-corrected chi connectivity index (χ0v) is 13.7. The largest absolute Gasteiger partial charge is 0.481 e. The van der Waals surface area contributed by atoms with Crippen molar-refractivity contribution in [2.45, 2.75) is 26.7 Å². The second-order valence-electron chi connectivity index (χ2n) is 5.48. The molecule has 0 atom stereocenters. The van der Waals surface area contributed by atoms with Gasteiger partial charge in [-0.15, -0.1) is 0 Å². The van der Waals surface area contributed by atoms with E-state index in [0.29, 0.717) is 16.6 Å². The van der Waals surface area contributed by atoms with E-state index >= 15 is 0 Å². The van der Waals surface area contributed by atoms with E-state index in [1.165, 1.54) is 12.1 Å². The quantitative estimate of drug-likeness (QED) is 0.392. The van der Waals surface area contributed by atoms with Gasteiger partial charge in [0.1, 0.15) is 11.3 Å². The number of aliphatic carboxylic acids is 1. The minimum Gasteiger partial charge on any atom is -0.481 e. The third-order valence-corrected chi connectivity index (χ3v) is 3.60. The molecule has 1 saturated heterocycles. The summed E-state index contributed by atoms with van der Waals surface area (Å²) in [5.74, 6) is -1.45. The van der Waals surface area contributed by atoms with Crippen LogP contribution in [0.25, 0.3) is 11.0 Å². The summed E-state index contributed by atoms with van der Waals surface area (Å²) in [6.07, 6.45) is 0.306. The number of benzene rings is 1. The van der Waals surface area contributed by atoms with Gasteiger partial charge in [0, 0.05) is 36.9 Å². The van der Waals surface area contributed by atoms with E-state index in [9.17, 15) is 14.4 Å². The van der Waals surface area contributed by atoms with E-state index in [0.717, 1.165) is 11.8 Å². The average molecular weight is 347 g/mol. The van der Waals surface area contributed by atoms with Gasteiger partial charge in [-0.05, 0) is 18.6 Å². The molecule has 1 fully saturated rings. The fourth-order valence-electron chi connectivity index (χ4n) is 2.54. The Labute approximate surface area is 141 Å². The summed E-state index contributed by atoms with van der Waals surface area (Å²) in [6.45, 7) is 2.72. The summed E-state index contributed by atoms with van der Waals surface area (Å²) < 4.78 is 5.11. The van der Waals surface area contributed by atoms with Crippen molar-refractivity contribution in [3.05, 3.63) is 28.1 Å². The molecule has 9 nitrogen and oxygen atoms in total. The number of nitrogens with two attached hydrogens (primary N) is 2. The first kappa shape index (κ1) is 18.0. The molecule has 2 aromatic rings. The third-order valence-electron chi connectivity index (χ3n) is 3.60. The molecule has 1 aromatic heterocycles. The van der Waals surface area contributed by atoms with Gasteiger partial charge >= 0.3 is 5.63 Å². The highest BCUT2D eigenvalue weighted by molar-refractivity contribution is 6.23. The lowest BCUT2D eigenvalue weighted by molar-refractivity contribution is -0.134. The zero-order chi connectivity index (χ0) is 18.9. The highest BCUT2D eigenvalue weighted by Crippen LogP contribution is 2.35. The number of hydrogen-bond donors (Lipinski definition) is 3. The summed E-state index contributed by atoms with van der Waals surface area (Å²) in [5.41, 5.74) is 12.0. The monoisotopic (exact) mass is 347 g/mol. The number of carboxylic acid groups (broad SMARTS) is 1. The predicted octanol–water partition coefficient (Wildman–Crippen LogP) is 1.01. The number of carboxylic acids is 1. The van der Waals surface area contributed by atoms with Crippen LogP contribution >= 0.6 is 0 Å². The van der Waals surface area contributed by atoms with Crippen LogP contribution in [0.5, 0.6) is 0 Å². The fourth-order valence-corrected chi connectivity index (χ4v) is 2.54. The van der Waals surface area contributed by atoms with E-state index in [1.54, 1.807) is 6.92 Å². The molecular formula is C16H17N3O6. The minimum absolute atomic E-state index is 0.0485. The molecule has 5 N–H and O–H groups in total. The lowest BCUT2D eigenvalue weighted by Gasteiger charge is -2.18. The number of imide groups is 1. The number of nitrogens with zero attached hydrogens (tertiary/aromatic N) is 1. The molecule has 1 aliphatic rings. The highest BCUT2D eigenvalue weighted by atomic mass is 16.4. The molecule has 0 saturated carbocycles. The predicted molar refractivity (Wildman–Crippen MR) is 91.1 cm³/mol. The number of carbonyl (C=O) groups is 3. The van der Waals surface area contributed by atoms with E-state index in [2.05, 4.69) is 0 Å². The molecular weight excluding hydrogens is 330 g/mol. The zero-order valence-electron chi connectivity index (χ0n) is 13.7. The van der Waals surface area contributed by atoms with Crippen molar-refractivity contribution in [3.63, 3.8) is 0 Å². The molecule has 132 valence electrons. The van der Waals surface area contributed by atoms with E-state index < -0.39 is 11.6 Å². The Morgan fingerprint density at radius 1 is 1.16 bits per heavy atom. The van der Waals surface area contributed by atoms with Crippen LogP contribution in [0.15, 0.2) is 21.3 Å². The molecule has 2 heterocycles. The number of anilines is 3. The fraction of sp³-hybridized carbons (Fsp3) is 0.250. The Balaban J connectivity index is 0.000000511. The maximum atomic E-state index is 11.9. The van der Waals surface area contributed by atoms with Gasteiger partial charge in [0.05, 0.1) is 5.69 Å². The first-order valence-corrected chi connectivity index (χ1v) is 7.31. The van der Waals surface area contributed by atoms with E-state index in [1.807, 2.05) is 0 Å². The number of nitrogen functional groups attached to an aromatic ring is 2. The number of rotatable bonds is 1. The van der Waals surface area contributed by atoms with Crippen molar-refractivity contribution in [2.75, 3.05) is 16.4 Å². The maximum absolute atomic E-state index is 11.9. The highest BCUT2D eigenvalue weighted by Gasteiger charge is 2.32. The Morgan fingerprint density at radius 3 is 2.20 bits per heavy atom. The van der Waals surface area contributed by atoms with Crippen molar-refractivity contribution >= 4 is 45.8 Å². The lowest BCUT2D eigenvalue weighted by Crippen LogP contribution is -2.29. The molecule has 0 unspecified atom stereocenters. The van der Waals surface area contributed by atoms with Gasteiger partial charge in [0.2, 0.25) is 11.8 Å². The van der Waals surface area contributed by atoms with Crippen LogP contribution in [-0.4, -0.2) is 22.9 Å². The summed E-state index contributed by atoms with van der Waals surface area (Å²) >= 11 is 0. The Morgan fingerprint density at radius 2 is 1.68 bits per heavy atom. The van der Waals surface area contributed by atoms with Crippen LogP contribution in [0.4, 0.5) is 17.1 Å². The van der Waals surface area contributed by atoms with Gasteiger partial charge in [-0.3, -0.25) is 14.4 Å². The molecule has 0 bridgehead atoms. The van der Waals surface area contributed by atoms with E-state index in [4.69, 9.17) is 25.8 Å². The van der Waals surface area contributed by atoms with Crippen molar-refractivity contribution in [1.82, 2.24) is 0 Å². The number of carbonyl (C=O) groups excluding carboxylic acids is 2. The number of aryl methyl sites for hydroxylation is 1. The minimum atomic E-state index is -0.833.